The molecule has 0 aromatic carbocycles. The van der Waals surface area contributed by atoms with Crippen LogP contribution in [0.15, 0.2) is 16.7 Å². The lowest BCUT2D eigenvalue weighted by Crippen LogP contribution is -2.07. The van der Waals surface area contributed by atoms with E-state index in [1.54, 1.807) is 10.9 Å². The van der Waals surface area contributed by atoms with Gasteiger partial charge in [0.05, 0.1) is 22.7 Å². The Kier molecular flexibility index (Phi) is 3.78. The molecule has 5 heteroatoms. The number of aliphatic hydroxyl groups excluding tert-OH is 1. The maximum atomic E-state index is 10.2. The van der Waals surface area contributed by atoms with Gasteiger partial charge in [0.1, 0.15) is 11.9 Å². The smallest absolute Gasteiger partial charge is 0.135 e. The van der Waals surface area contributed by atoms with Crippen molar-refractivity contribution in [1.82, 2.24) is 9.78 Å². The van der Waals surface area contributed by atoms with Crippen LogP contribution in [0.1, 0.15) is 35.7 Å². The number of hydrogen-bond acceptors (Lipinski definition) is 3. The summed E-state index contributed by atoms with van der Waals surface area (Å²) in [5.74, 6) is 0.588. The van der Waals surface area contributed by atoms with Crippen LogP contribution in [0, 0.1) is 6.92 Å². The Hall–Kier alpha value is -1.26. The molecular formula is C13H17ClN2O2. The monoisotopic (exact) mass is 268 g/mol. The first-order chi connectivity index (χ1) is 8.54. The van der Waals surface area contributed by atoms with Crippen molar-refractivity contribution in [2.45, 2.75) is 32.8 Å². The summed E-state index contributed by atoms with van der Waals surface area (Å²) in [6.45, 7) is 3.91. The van der Waals surface area contributed by atoms with Crippen molar-refractivity contribution in [1.29, 1.82) is 0 Å². The molecule has 0 aliphatic carbocycles. The summed E-state index contributed by atoms with van der Waals surface area (Å²) in [5, 5.41) is 15.2. The van der Waals surface area contributed by atoms with Gasteiger partial charge < -0.3 is 9.52 Å². The summed E-state index contributed by atoms with van der Waals surface area (Å²) in [4.78, 5) is 0. The lowest BCUT2D eigenvalue weighted by atomic mass is 10.1. The molecule has 98 valence electrons. The van der Waals surface area contributed by atoms with Gasteiger partial charge in [-0.05, 0) is 25.0 Å². The molecule has 4 nitrogen and oxygen atoms in total. The molecule has 0 radical (unpaired) electrons. The third kappa shape index (κ3) is 2.31. The minimum Gasteiger partial charge on any atom is -0.466 e. The Bertz CT molecular complexity index is 545. The largest absolute Gasteiger partial charge is 0.466 e. The van der Waals surface area contributed by atoms with E-state index in [9.17, 15) is 5.11 Å². The first kappa shape index (κ1) is 13.2. The van der Waals surface area contributed by atoms with Gasteiger partial charge in [0.15, 0.2) is 0 Å². The van der Waals surface area contributed by atoms with E-state index < -0.39 is 6.10 Å². The highest BCUT2D eigenvalue weighted by atomic mass is 35.5. The van der Waals surface area contributed by atoms with E-state index in [1.165, 1.54) is 0 Å². The van der Waals surface area contributed by atoms with Crippen LogP contribution < -0.4 is 0 Å². The van der Waals surface area contributed by atoms with Crippen LogP contribution in [-0.4, -0.2) is 14.9 Å². The maximum Gasteiger partial charge on any atom is 0.135 e. The third-order valence-electron chi connectivity index (χ3n) is 3.09. The van der Waals surface area contributed by atoms with Crippen LogP contribution in [0.2, 0.25) is 5.02 Å². The summed E-state index contributed by atoms with van der Waals surface area (Å²) < 4.78 is 7.01. The SMILES string of the molecule is CCc1nn(C)c(CC(O)c2occc2C)c1Cl. The molecule has 0 fully saturated rings. The van der Waals surface area contributed by atoms with Gasteiger partial charge in [0, 0.05) is 13.5 Å². The molecule has 1 N–H and O–H groups in total. The first-order valence-corrected chi connectivity index (χ1v) is 6.34. The van der Waals surface area contributed by atoms with E-state index in [0.717, 1.165) is 23.4 Å². The van der Waals surface area contributed by atoms with Gasteiger partial charge in [-0.1, -0.05) is 18.5 Å². The zero-order valence-corrected chi connectivity index (χ0v) is 11.5. The standard InChI is InChI=1S/C13H17ClN2O2/c1-4-9-12(14)10(16(3)15-9)7-11(17)13-8(2)5-6-18-13/h5-6,11,17H,4,7H2,1-3H3. The lowest BCUT2D eigenvalue weighted by molar-refractivity contribution is 0.147. The number of nitrogens with zero attached hydrogens (tertiary/aromatic N) is 2. The van der Waals surface area contributed by atoms with Crippen LogP contribution in [0.4, 0.5) is 0 Å². The summed E-state index contributed by atoms with van der Waals surface area (Å²) in [5.41, 5.74) is 2.63. The zero-order valence-electron chi connectivity index (χ0n) is 10.8. The van der Waals surface area contributed by atoms with Crippen molar-refractivity contribution in [2.24, 2.45) is 7.05 Å². The zero-order chi connectivity index (χ0) is 13.3. The van der Waals surface area contributed by atoms with Crippen LogP contribution in [-0.2, 0) is 19.9 Å². The molecule has 0 saturated carbocycles. The van der Waals surface area contributed by atoms with Crippen molar-refractivity contribution >= 4 is 11.6 Å². The molecule has 0 bridgehead atoms. The second-order valence-corrected chi connectivity index (χ2v) is 4.75. The molecule has 0 amide bonds. The summed E-state index contributed by atoms with van der Waals surface area (Å²) >= 11 is 6.25. The van der Waals surface area contributed by atoms with Crippen molar-refractivity contribution in [3.8, 4) is 0 Å². The van der Waals surface area contributed by atoms with E-state index >= 15 is 0 Å². The number of hydrogen-bond donors (Lipinski definition) is 1. The van der Waals surface area contributed by atoms with E-state index in [2.05, 4.69) is 5.10 Å². The molecular weight excluding hydrogens is 252 g/mol. The second kappa shape index (κ2) is 5.16. The van der Waals surface area contributed by atoms with Crippen molar-refractivity contribution < 1.29 is 9.52 Å². The van der Waals surface area contributed by atoms with Gasteiger partial charge in [-0.2, -0.15) is 5.10 Å². The molecule has 2 rings (SSSR count). The average molecular weight is 269 g/mol. The lowest BCUT2D eigenvalue weighted by Gasteiger charge is -2.09. The van der Waals surface area contributed by atoms with Gasteiger partial charge in [-0.15, -0.1) is 0 Å². The Morgan fingerprint density at radius 3 is 2.78 bits per heavy atom. The van der Waals surface area contributed by atoms with Crippen LogP contribution in [0.25, 0.3) is 0 Å². The van der Waals surface area contributed by atoms with Crippen LogP contribution in [0.3, 0.4) is 0 Å². The van der Waals surface area contributed by atoms with Gasteiger partial charge in [-0.3, -0.25) is 4.68 Å². The number of rotatable bonds is 4. The predicted molar refractivity (Wildman–Crippen MR) is 69.7 cm³/mol. The molecule has 1 atom stereocenters. The number of furan rings is 1. The Labute approximate surface area is 111 Å². The number of aromatic nitrogens is 2. The summed E-state index contributed by atoms with van der Waals surface area (Å²) in [6.07, 6.45) is 2.06. The molecule has 1 unspecified atom stereocenters. The normalized spacial score (nSPS) is 12.9. The van der Waals surface area contributed by atoms with E-state index in [4.69, 9.17) is 16.0 Å². The molecule has 0 saturated heterocycles. The quantitative estimate of drug-likeness (QED) is 0.928. The number of halogens is 1. The van der Waals surface area contributed by atoms with E-state index in [0.29, 0.717) is 17.2 Å². The van der Waals surface area contributed by atoms with Gasteiger partial charge in [0.2, 0.25) is 0 Å². The number of aliphatic hydroxyl groups is 1. The molecule has 0 spiro atoms. The van der Waals surface area contributed by atoms with Crippen molar-refractivity contribution in [2.75, 3.05) is 0 Å². The molecule has 18 heavy (non-hydrogen) atoms. The maximum absolute atomic E-state index is 10.2. The van der Waals surface area contributed by atoms with Crippen molar-refractivity contribution in [3.05, 3.63) is 40.1 Å². The van der Waals surface area contributed by atoms with E-state index in [1.807, 2.05) is 27.0 Å². The second-order valence-electron chi connectivity index (χ2n) is 4.37. The van der Waals surface area contributed by atoms with Crippen LogP contribution >= 0.6 is 11.6 Å². The van der Waals surface area contributed by atoms with E-state index in [-0.39, 0.29) is 0 Å². The summed E-state index contributed by atoms with van der Waals surface area (Å²) in [7, 11) is 1.84. The highest BCUT2D eigenvalue weighted by Gasteiger charge is 2.20. The van der Waals surface area contributed by atoms with Gasteiger partial charge in [-0.25, -0.2) is 0 Å². The van der Waals surface area contributed by atoms with Gasteiger partial charge in [0.25, 0.3) is 0 Å². The fourth-order valence-corrected chi connectivity index (χ4v) is 2.41. The molecule has 0 aliphatic heterocycles. The summed E-state index contributed by atoms with van der Waals surface area (Å²) in [6, 6.07) is 1.83. The average Bonchev–Trinajstić information content (AvgIpc) is 2.87. The van der Waals surface area contributed by atoms with Crippen LogP contribution in [0.5, 0.6) is 0 Å². The minimum absolute atomic E-state index is 0.399. The highest BCUT2D eigenvalue weighted by Crippen LogP contribution is 2.27. The van der Waals surface area contributed by atoms with Gasteiger partial charge >= 0.3 is 0 Å². The molecule has 2 heterocycles. The van der Waals surface area contributed by atoms with Crippen molar-refractivity contribution in [3.63, 3.8) is 0 Å². The Morgan fingerprint density at radius 1 is 1.56 bits per heavy atom. The number of aryl methyl sites for hydroxylation is 3. The predicted octanol–water partition coefficient (Wildman–Crippen LogP) is 2.81. The fraction of sp³-hybridized carbons (Fsp3) is 0.462. The Morgan fingerprint density at radius 2 is 2.28 bits per heavy atom. The highest BCUT2D eigenvalue weighted by molar-refractivity contribution is 6.31. The topological polar surface area (TPSA) is 51.2 Å². The first-order valence-electron chi connectivity index (χ1n) is 5.96. The molecule has 2 aromatic heterocycles. The molecule has 2 aromatic rings. The third-order valence-corrected chi connectivity index (χ3v) is 3.53. The molecule has 0 aliphatic rings. The Balaban J connectivity index is 2.24. The minimum atomic E-state index is -0.697. The fourth-order valence-electron chi connectivity index (χ4n) is 2.04.